The van der Waals surface area contributed by atoms with Crippen LogP contribution in [-0.2, 0) is 4.79 Å². The minimum Gasteiger partial charge on any atom is -0.491 e. The van der Waals surface area contributed by atoms with Crippen LogP contribution in [0, 0.1) is 11.7 Å². The molecule has 3 rings (SSSR count). The lowest BCUT2D eigenvalue weighted by molar-refractivity contribution is -0.138. The predicted octanol–water partition coefficient (Wildman–Crippen LogP) is 10.1. The zero-order valence-electron chi connectivity index (χ0n) is 25.4. The molecule has 3 aromatic carbocycles. The second-order valence-corrected chi connectivity index (χ2v) is 10.6. The standard InChI is InChI=1S/C19H29FO3.C17H18O2/c1-2-3-4-5-6-7-8-9-10-11-14-23-18-13-12-16(19(21)22)15-17(18)20;1-3-13(2)17(18)19-16-11-9-15(10-12-16)14-7-5-4-6-8-14/h12-13,15H,2-11,14H2,1H3,(H,21,22);4-13H,3H2,1-2H3/t;13-/m.0/s1. The molecule has 0 aliphatic heterocycles. The summed E-state index contributed by atoms with van der Waals surface area (Å²) in [5.74, 6) is -1.25. The van der Waals surface area contributed by atoms with Crippen LogP contribution >= 0.6 is 0 Å². The van der Waals surface area contributed by atoms with Crippen LogP contribution in [0.4, 0.5) is 4.39 Å². The molecule has 0 saturated heterocycles. The Morgan fingerprint density at radius 1 is 0.762 bits per heavy atom. The summed E-state index contributed by atoms with van der Waals surface area (Å²) in [6, 6.07) is 21.5. The fourth-order valence-corrected chi connectivity index (χ4v) is 4.25. The fraction of sp³-hybridized carbons (Fsp3) is 0.444. The molecule has 0 heterocycles. The van der Waals surface area contributed by atoms with Crippen molar-refractivity contribution in [3.8, 4) is 22.6 Å². The molecule has 0 amide bonds. The lowest BCUT2D eigenvalue weighted by atomic mass is 10.1. The maximum atomic E-state index is 13.6. The third kappa shape index (κ3) is 13.3. The van der Waals surface area contributed by atoms with Crippen LogP contribution in [0.25, 0.3) is 11.1 Å². The number of hydrogen-bond donors (Lipinski definition) is 1. The first-order chi connectivity index (χ1) is 20.3. The van der Waals surface area contributed by atoms with Gasteiger partial charge in [-0.1, -0.05) is 121 Å². The topological polar surface area (TPSA) is 72.8 Å². The maximum Gasteiger partial charge on any atom is 0.335 e. The number of rotatable bonds is 17. The zero-order chi connectivity index (χ0) is 30.6. The summed E-state index contributed by atoms with van der Waals surface area (Å²) >= 11 is 0. The molecule has 6 heteroatoms. The summed E-state index contributed by atoms with van der Waals surface area (Å²) in [5.41, 5.74) is 2.21. The number of carbonyl (C=O) groups excluding carboxylic acids is 1. The number of unbranched alkanes of at least 4 members (excludes halogenated alkanes) is 9. The molecule has 0 aliphatic carbocycles. The molecular formula is C36H47FO5. The van der Waals surface area contributed by atoms with Crippen LogP contribution in [0.1, 0.15) is 102 Å². The summed E-state index contributed by atoms with van der Waals surface area (Å²) in [6.45, 7) is 6.55. The Morgan fingerprint density at radius 3 is 1.88 bits per heavy atom. The van der Waals surface area contributed by atoms with E-state index in [0.717, 1.165) is 36.5 Å². The SMILES string of the molecule is CCCCCCCCCCCCOc1ccc(C(=O)O)cc1F.CC[C@H](C)C(=O)Oc1ccc(-c2ccccc2)cc1. The Labute approximate surface area is 251 Å². The van der Waals surface area contributed by atoms with E-state index in [1.54, 1.807) is 0 Å². The zero-order valence-corrected chi connectivity index (χ0v) is 25.4. The van der Waals surface area contributed by atoms with Crippen molar-refractivity contribution in [2.45, 2.75) is 91.4 Å². The number of benzene rings is 3. The van der Waals surface area contributed by atoms with Gasteiger partial charge in [0, 0.05) is 0 Å². The first-order valence-corrected chi connectivity index (χ1v) is 15.4. The van der Waals surface area contributed by atoms with Crippen LogP contribution in [0.2, 0.25) is 0 Å². The minimum atomic E-state index is -1.13. The molecule has 0 unspecified atom stereocenters. The van der Waals surface area contributed by atoms with Gasteiger partial charge in [0.05, 0.1) is 18.1 Å². The molecule has 1 N–H and O–H groups in total. The second-order valence-electron chi connectivity index (χ2n) is 10.6. The summed E-state index contributed by atoms with van der Waals surface area (Å²) < 4.78 is 24.3. The Morgan fingerprint density at radius 2 is 1.33 bits per heavy atom. The third-order valence-corrected chi connectivity index (χ3v) is 7.13. The second kappa shape index (κ2) is 20.2. The van der Waals surface area contributed by atoms with Gasteiger partial charge >= 0.3 is 11.9 Å². The van der Waals surface area contributed by atoms with Gasteiger partial charge < -0.3 is 14.6 Å². The van der Waals surface area contributed by atoms with E-state index in [1.807, 2.05) is 56.3 Å². The monoisotopic (exact) mass is 578 g/mol. The van der Waals surface area contributed by atoms with Crippen LogP contribution < -0.4 is 9.47 Å². The molecule has 0 aliphatic rings. The highest BCUT2D eigenvalue weighted by molar-refractivity contribution is 5.87. The van der Waals surface area contributed by atoms with Gasteiger partial charge in [0.1, 0.15) is 5.75 Å². The van der Waals surface area contributed by atoms with E-state index in [1.165, 1.54) is 63.5 Å². The normalized spacial score (nSPS) is 11.2. The van der Waals surface area contributed by atoms with Gasteiger partial charge in [-0.15, -0.1) is 0 Å². The molecule has 0 spiro atoms. The minimum absolute atomic E-state index is 0.0613. The van der Waals surface area contributed by atoms with Crippen molar-refractivity contribution in [3.63, 3.8) is 0 Å². The van der Waals surface area contributed by atoms with E-state index in [0.29, 0.717) is 12.4 Å². The van der Waals surface area contributed by atoms with E-state index in [4.69, 9.17) is 14.6 Å². The Bertz CT molecular complexity index is 1180. The highest BCUT2D eigenvalue weighted by atomic mass is 19.1. The van der Waals surface area contributed by atoms with Crippen LogP contribution in [0.5, 0.6) is 11.5 Å². The lowest BCUT2D eigenvalue weighted by Gasteiger charge is -2.09. The van der Waals surface area contributed by atoms with Crippen LogP contribution in [0.3, 0.4) is 0 Å². The average Bonchev–Trinajstić information content (AvgIpc) is 3.01. The van der Waals surface area contributed by atoms with Crippen molar-refractivity contribution in [3.05, 3.63) is 84.2 Å². The number of hydrogen-bond acceptors (Lipinski definition) is 4. The fourth-order valence-electron chi connectivity index (χ4n) is 4.25. The number of carbonyl (C=O) groups is 2. The van der Waals surface area contributed by atoms with Crippen molar-refractivity contribution in [2.75, 3.05) is 6.61 Å². The molecule has 0 bridgehead atoms. The molecule has 0 radical (unpaired) electrons. The Balaban J connectivity index is 0.000000298. The van der Waals surface area contributed by atoms with Gasteiger partial charge in [0.15, 0.2) is 11.6 Å². The van der Waals surface area contributed by atoms with Gasteiger partial charge in [-0.2, -0.15) is 0 Å². The number of halogens is 1. The molecule has 5 nitrogen and oxygen atoms in total. The number of aromatic carboxylic acids is 1. The third-order valence-electron chi connectivity index (χ3n) is 7.13. The summed E-state index contributed by atoms with van der Waals surface area (Å²) in [6.07, 6.45) is 13.2. The van der Waals surface area contributed by atoms with Gasteiger partial charge in [-0.3, -0.25) is 4.79 Å². The molecule has 1 atom stereocenters. The molecule has 42 heavy (non-hydrogen) atoms. The van der Waals surface area contributed by atoms with E-state index in [2.05, 4.69) is 19.1 Å². The van der Waals surface area contributed by atoms with Crippen molar-refractivity contribution < 1.29 is 28.6 Å². The van der Waals surface area contributed by atoms with E-state index < -0.39 is 11.8 Å². The summed E-state index contributed by atoms with van der Waals surface area (Å²) in [7, 11) is 0. The van der Waals surface area contributed by atoms with E-state index in [9.17, 15) is 14.0 Å². The van der Waals surface area contributed by atoms with E-state index in [-0.39, 0.29) is 23.2 Å². The van der Waals surface area contributed by atoms with Gasteiger partial charge in [-0.25, -0.2) is 9.18 Å². The van der Waals surface area contributed by atoms with Crippen LogP contribution in [-0.4, -0.2) is 23.7 Å². The number of carboxylic acids is 1. The summed E-state index contributed by atoms with van der Waals surface area (Å²) in [4.78, 5) is 22.4. The smallest absolute Gasteiger partial charge is 0.335 e. The van der Waals surface area contributed by atoms with Gasteiger partial charge in [-0.05, 0) is 54.3 Å². The first-order valence-electron chi connectivity index (χ1n) is 15.4. The number of carboxylic acid groups (broad SMARTS) is 1. The van der Waals surface area contributed by atoms with Crippen LogP contribution in [0.15, 0.2) is 72.8 Å². The Kier molecular flexibility index (Phi) is 16.6. The molecule has 0 fully saturated rings. The van der Waals surface area contributed by atoms with Gasteiger partial charge in [0.25, 0.3) is 0 Å². The maximum absolute atomic E-state index is 13.6. The largest absolute Gasteiger partial charge is 0.491 e. The summed E-state index contributed by atoms with van der Waals surface area (Å²) in [5, 5.41) is 8.77. The van der Waals surface area contributed by atoms with Crippen molar-refractivity contribution in [1.29, 1.82) is 0 Å². The number of esters is 1. The highest BCUT2D eigenvalue weighted by Gasteiger charge is 2.13. The highest BCUT2D eigenvalue weighted by Crippen LogP contribution is 2.23. The molecule has 0 saturated carbocycles. The molecule has 3 aromatic rings. The van der Waals surface area contributed by atoms with Gasteiger partial charge in [0.2, 0.25) is 0 Å². The van der Waals surface area contributed by atoms with Crippen molar-refractivity contribution in [2.24, 2.45) is 5.92 Å². The first kappa shape index (κ1) is 34.5. The molecule has 0 aromatic heterocycles. The molecular weight excluding hydrogens is 531 g/mol. The predicted molar refractivity (Wildman–Crippen MR) is 168 cm³/mol. The quantitative estimate of drug-likeness (QED) is 0.0980. The lowest BCUT2D eigenvalue weighted by Crippen LogP contribution is -2.16. The average molecular weight is 579 g/mol. The molecule has 228 valence electrons. The van der Waals surface area contributed by atoms with Crippen molar-refractivity contribution >= 4 is 11.9 Å². The van der Waals surface area contributed by atoms with Crippen molar-refractivity contribution in [1.82, 2.24) is 0 Å². The Hall–Kier alpha value is -3.67. The van der Waals surface area contributed by atoms with E-state index >= 15 is 0 Å². The number of ether oxygens (including phenoxy) is 2.